The fourth-order valence-electron chi connectivity index (χ4n) is 1.25. The average Bonchev–Trinajstić information content (AvgIpc) is 2.09. The largest absolute Gasteiger partial charge is 0.258 e. The second-order valence-electron chi connectivity index (χ2n) is 2.59. The molecule has 0 saturated heterocycles. The smallest absolute Gasteiger partial charge is 0.115 e. The molecule has 0 aromatic rings. The molecule has 2 nitrogen and oxygen atoms in total. The highest BCUT2D eigenvalue weighted by Gasteiger charge is 2.07. The van der Waals surface area contributed by atoms with E-state index in [4.69, 9.17) is 10.7 Å². The van der Waals surface area contributed by atoms with Gasteiger partial charge in [-0.3, -0.25) is 5.41 Å². The van der Waals surface area contributed by atoms with Crippen LogP contribution in [0.5, 0.6) is 0 Å². The van der Waals surface area contributed by atoms with Crippen LogP contribution in [0.3, 0.4) is 0 Å². The van der Waals surface area contributed by atoms with Gasteiger partial charge in [0.15, 0.2) is 0 Å². The Morgan fingerprint density at radius 2 is 2.36 bits per heavy atom. The predicted octanol–water partition coefficient (Wildman–Crippen LogP) is 2.19. The summed E-state index contributed by atoms with van der Waals surface area (Å²) in [5.74, 6) is 2.16. The molecule has 0 aromatic carbocycles. The van der Waals surface area contributed by atoms with Crippen LogP contribution >= 0.6 is 0 Å². The van der Waals surface area contributed by atoms with Crippen molar-refractivity contribution in [2.75, 3.05) is 0 Å². The van der Waals surface area contributed by atoms with Crippen LogP contribution < -0.4 is 0 Å². The monoisotopic (exact) mass is 146 g/mol. The number of hydrogen-bond acceptors (Lipinski definition) is 2. The normalized spacial score (nSPS) is 16.1. The van der Waals surface area contributed by atoms with Crippen molar-refractivity contribution < 1.29 is 0 Å². The molecule has 1 aliphatic carbocycles. The molecule has 56 valence electrons. The number of nitrogens with one attached hydrogen (secondary N) is 1. The maximum atomic E-state index is 8.57. The van der Waals surface area contributed by atoms with Crippen LogP contribution in [0.2, 0.25) is 0 Å². The Labute approximate surface area is 66.4 Å². The van der Waals surface area contributed by atoms with Gasteiger partial charge in [-0.15, -0.1) is 0 Å². The molecule has 0 unspecified atom stereocenters. The summed E-state index contributed by atoms with van der Waals surface area (Å²) < 4.78 is 0. The Hall–Kier alpha value is -1.32. The molecule has 0 aliphatic heterocycles. The number of hydrogen-bond donors (Lipinski definition) is 1. The summed E-state index contributed by atoms with van der Waals surface area (Å²) in [4.78, 5) is 0. The van der Waals surface area contributed by atoms with Gasteiger partial charge < -0.3 is 0 Å². The van der Waals surface area contributed by atoms with Crippen molar-refractivity contribution in [1.82, 2.24) is 0 Å². The van der Waals surface area contributed by atoms with E-state index in [1.165, 1.54) is 6.42 Å². The molecule has 0 bridgehead atoms. The zero-order valence-electron chi connectivity index (χ0n) is 6.35. The van der Waals surface area contributed by atoms with E-state index in [-0.39, 0.29) is 0 Å². The van der Waals surface area contributed by atoms with E-state index in [2.05, 4.69) is 5.87 Å². The van der Waals surface area contributed by atoms with Gasteiger partial charge in [0.1, 0.15) is 11.6 Å². The fourth-order valence-corrected chi connectivity index (χ4v) is 1.25. The topological polar surface area (TPSA) is 47.6 Å². The molecule has 0 spiro atoms. The quantitative estimate of drug-likeness (QED) is 0.447. The van der Waals surface area contributed by atoms with Crippen LogP contribution in [0, 0.1) is 16.7 Å². The summed E-state index contributed by atoms with van der Waals surface area (Å²) in [5.41, 5.74) is 1.42. The molecule has 1 aliphatic rings. The summed E-state index contributed by atoms with van der Waals surface area (Å²) in [5, 5.41) is 15.4. The number of nitriles is 1. The Bertz CT molecular complexity index is 262. The van der Waals surface area contributed by atoms with E-state index in [1.807, 2.05) is 12.1 Å². The maximum absolute atomic E-state index is 8.57. The lowest BCUT2D eigenvalue weighted by Gasteiger charge is -2.08. The Morgan fingerprint density at radius 1 is 1.55 bits per heavy atom. The molecular formula is C9H10N2. The molecule has 0 fully saturated rings. The van der Waals surface area contributed by atoms with Gasteiger partial charge in [0.25, 0.3) is 0 Å². The highest BCUT2D eigenvalue weighted by molar-refractivity contribution is 5.68. The minimum absolute atomic E-state index is 0.407. The SMILES string of the molecule is N#CC(=C=N)C1=CCCCC1. The van der Waals surface area contributed by atoms with Crippen LogP contribution in [0.15, 0.2) is 17.2 Å². The lowest BCUT2D eigenvalue weighted by atomic mass is 9.95. The average molecular weight is 146 g/mol. The molecule has 0 aromatic heterocycles. The van der Waals surface area contributed by atoms with Crippen LogP contribution in [-0.2, 0) is 0 Å². The molecular weight excluding hydrogens is 136 g/mol. The third-order valence-corrected chi connectivity index (χ3v) is 1.85. The third-order valence-electron chi connectivity index (χ3n) is 1.85. The highest BCUT2D eigenvalue weighted by atomic mass is 14.3. The van der Waals surface area contributed by atoms with Crippen molar-refractivity contribution in [3.8, 4) is 6.07 Å². The first-order valence-corrected chi connectivity index (χ1v) is 3.77. The van der Waals surface area contributed by atoms with Gasteiger partial charge in [-0.25, -0.2) is 0 Å². The van der Waals surface area contributed by atoms with Gasteiger partial charge in [0, 0.05) is 0 Å². The zero-order valence-corrected chi connectivity index (χ0v) is 6.35. The van der Waals surface area contributed by atoms with Gasteiger partial charge in [-0.2, -0.15) is 5.26 Å². The number of allylic oxidation sites excluding steroid dienone is 3. The van der Waals surface area contributed by atoms with Gasteiger partial charge >= 0.3 is 0 Å². The van der Waals surface area contributed by atoms with Gasteiger partial charge in [0.2, 0.25) is 0 Å². The Morgan fingerprint density at radius 3 is 2.82 bits per heavy atom. The van der Waals surface area contributed by atoms with Crippen LogP contribution in [-0.4, -0.2) is 5.87 Å². The molecule has 0 amide bonds. The third kappa shape index (κ3) is 1.80. The highest BCUT2D eigenvalue weighted by Crippen LogP contribution is 2.21. The van der Waals surface area contributed by atoms with Crippen molar-refractivity contribution >= 4 is 5.87 Å². The molecule has 2 heteroatoms. The molecule has 11 heavy (non-hydrogen) atoms. The molecule has 0 radical (unpaired) electrons. The fraction of sp³-hybridized carbons (Fsp3) is 0.444. The van der Waals surface area contributed by atoms with E-state index < -0.39 is 0 Å². The predicted molar refractivity (Wildman–Crippen MR) is 43.4 cm³/mol. The van der Waals surface area contributed by atoms with Gasteiger partial charge in [0.05, 0.1) is 0 Å². The van der Waals surface area contributed by atoms with Gasteiger partial charge in [-0.1, -0.05) is 6.08 Å². The van der Waals surface area contributed by atoms with Gasteiger partial charge in [-0.05, 0) is 37.1 Å². The van der Waals surface area contributed by atoms with Crippen LogP contribution in [0.4, 0.5) is 0 Å². The van der Waals surface area contributed by atoms with E-state index in [0.717, 1.165) is 24.8 Å². The standard InChI is InChI=1S/C9H10N2/c10-6-9(7-11)8-4-2-1-3-5-8/h4,10H,1-3,5H2. The summed E-state index contributed by atoms with van der Waals surface area (Å²) in [6.45, 7) is 0. The summed E-state index contributed by atoms with van der Waals surface area (Å²) in [7, 11) is 0. The minimum atomic E-state index is 0.407. The van der Waals surface area contributed by atoms with Crippen molar-refractivity contribution in [1.29, 1.82) is 10.7 Å². The minimum Gasteiger partial charge on any atom is -0.258 e. The van der Waals surface area contributed by atoms with Crippen molar-refractivity contribution in [2.24, 2.45) is 0 Å². The van der Waals surface area contributed by atoms with E-state index in [1.54, 1.807) is 0 Å². The van der Waals surface area contributed by atoms with Crippen molar-refractivity contribution in [2.45, 2.75) is 25.7 Å². The summed E-state index contributed by atoms with van der Waals surface area (Å²) in [6.07, 6.45) is 6.37. The van der Waals surface area contributed by atoms with Crippen LogP contribution in [0.1, 0.15) is 25.7 Å². The summed E-state index contributed by atoms with van der Waals surface area (Å²) >= 11 is 0. The Balaban J connectivity index is 2.82. The lowest BCUT2D eigenvalue weighted by molar-refractivity contribution is 0.709. The Kier molecular flexibility index (Phi) is 2.66. The first kappa shape index (κ1) is 7.78. The number of nitrogens with zero attached hydrogens (tertiary/aromatic N) is 1. The van der Waals surface area contributed by atoms with E-state index in [0.29, 0.717) is 5.57 Å². The zero-order chi connectivity index (χ0) is 8.10. The van der Waals surface area contributed by atoms with Crippen molar-refractivity contribution in [3.05, 3.63) is 17.2 Å². The van der Waals surface area contributed by atoms with E-state index >= 15 is 0 Å². The lowest BCUT2D eigenvalue weighted by Crippen LogP contribution is -1.94. The van der Waals surface area contributed by atoms with Crippen LogP contribution in [0.25, 0.3) is 0 Å². The second-order valence-corrected chi connectivity index (χ2v) is 2.59. The van der Waals surface area contributed by atoms with Crippen molar-refractivity contribution in [3.63, 3.8) is 0 Å². The molecule has 0 atom stereocenters. The maximum Gasteiger partial charge on any atom is 0.115 e. The second kappa shape index (κ2) is 3.75. The molecule has 0 saturated carbocycles. The summed E-state index contributed by atoms with van der Waals surface area (Å²) in [6, 6.07) is 1.97. The first-order chi connectivity index (χ1) is 5.38. The van der Waals surface area contributed by atoms with E-state index in [9.17, 15) is 0 Å². The molecule has 1 rings (SSSR count). The molecule has 0 heterocycles. The molecule has 1 N–H and O–H groups in total. The number of rotatable bonds is 1. The first-order valence-electron chi connectivity index (χ1n) is 3.77.